The fourth-order valence-electron chi connectivity index (χ4n) is 2.80. The predicted octanol–water partition coefficient (Wildman–Crippen LogP) is 4.69. The lowest BCUT2D eigenvalue weighted by Crippen LogP contribution is -2.49. The molecule has 3 rings (SSSR count). The largest absolute Gasteiger partial charge is 0.326 e. The monoisotopic (exact) mass is 423 g/mol. The SMILES string of the molecule is CC[C@@H](C)[C@H](NC(=O)Nc1ccccc1)C(=O)Nc1nnc(-c2ccc(C)cc2)s1. The number of para-hydroxylation sites is 1. The summed E-state index contributed by atoms with van der Waals surface area (Å²) in [7, 11) is 0. The van der Waals surface area contributed by atoms with Crippen LogP contribution < -0.4 is 16.0 Å². The third kappa shape index (κ3) is 5.64. The molecule has 0 bridgehead atoms. The molecule has 30 heavy (non-hydrogen) atoms. The maximum atomic E-state index is 12.9. The summed E-state index contributed by atoms with van der Waals surface area (Å²) in [5.74, 6) is -0.379. The van der Waals surface area contributed by atoms with Gasteiger partial charge < -0.3 is 10.6 Å². The molecule has 1 aromatic heterocycles. The van der Waals surface area contributed by atoms with Crippen LogP contribution in [0.4, 0.5) is 15.6 Å². The van der Waals surface area contributed by atoms with E-state index in [1.54, 1.807) is 12.1 Å². The van der Waals surface area contributed by atoms with E-state index < -0.39 is 12.1 Å². The number of anilines is 2. The van der Waals surface area contributed by atoms with E-state index in [4.69, 9.17) is 0 Å². The number of rotatable bonds is 7. The first kappa shape index (κ1) is 21.4. The molecule has 0 unspecified atom stereocenters. The highest BCUT2D eigenvalue weighted by Crippen LogP contribution is 2.26. The summed E-state index contributed by atoms with van der Waals surface area (Å²) in [5.41, 5.74) is 2.76. The Morgan fingerprint density at radius 1 is 1.00 bits per heavy atom. The van der Waals surface area contributed by atoms with Crippen molar-refractivity contribution >= 4 is 34.1 Å². The smallest absolute Gasteiger partial charge is 0.319 e. The van der Waals surface area contributed by atoms with Gasteiger partial charge in [-0.1, -0.05) is 79.6 Å². The number of amides is 3. The number of nitrogens with one attached hydrogen (secondary N) is 3. The second-order valence-corrected chi connectivity index (χ2v) is 8.07. The van der Waals surface area contributed by atoms with Gasteiger partial charge in [-0.15, -0.1) is 10.2 Å². The summed E-state index contributed by atoms with van der Waals surface area (Å²) >= 11 is 1.30. The summed E-state index contributed by atoms with van der Waals surface area (Å²) in [4.78, 5) is 25.3. The molecule has 0 saturated heterocycles. The van der Waals surface area contributed by atoms with Gasteiger partial charge in [0.2, 0.25) is 11.0 Å². The number of hydrogen-bond donors (Lipinski definition) is 3. The molecular weight excluding hydrogens is 398 g/mol. The Labute approximate surface area is 179 Å². The third-order valence-electron chi connectivity index (χ3n) is 4.77. The molecule has 0 radical (unpaired) electrons. The van der Waals surface area contributed by atoms with Crippen molar-refractivity contribution in [1.82, 2.24) is 15.5 Å². The minimum atomic E-state index is -0.703. The topological polar surface area (TPSA) is 96.0 Å². The summed E-state index contributed by atoms with van der Waals surface area (Å²) < 4.78 is 0. The van der Waals surface area contributed by atoms with Gasteiger partial charge in [0.05, 0.1) is 0 Å². The lowest BCUT2D eigenvalue weighted by molar-refractivity contribution is -0.119. The fraction of sp³-hybridized carbons (Fsp3) is 0.273. The summed E-state index contributed by atoms with van der Waals surface area (Å²) in [6, 6.07) is 15.9. The van der Waals surface area contributed by atoms with Gasteiger partial charge in [-0.3, -0.25) is 10.1 Å². The van der Waals surface area contributed by atoms with Crippen LogP contribution in [0.5, 0.6) is 0 Å². The number of benzene rings is 2. The lowest BCUT2D eigenvalue weighted by atomic mass is 9.98. The molecule has 0 aliphatic rings. The first-order valence-corrected chi connectivity index (χ1v) is 10.6. The van der Waals surface area contributed by atoms with Gasteiger partial charge in [-0.2, -0.15) is 0 Å². The Kier molecular flexibility index (Phi) is 7.13. The van der Waals surface area contributed by atoms with Crippen LogP contribution in [-0.2, 0) is 4.79 Å². The lowest BCUT2D eigenvalue weighted by Gasteiger charge is -2.23. The van der Waals surface area contributed by atoms with Crippen molar-refractivity contribution in [2.24, 2.45) is 5.92 Å². The molecular formula is C22H25N5O2S. The normalized spacial score (nSPS) is 12.6. The minimum Gasteiger partial charge on any atom is -0.326 e. The van der Waals surface area contributed by atoms with Crippen molar-refractivity contribution < 1.29 is 9.59 Å². The van der Waals surface area contributed by atoms with Crippen molar-refractivity contribution in [3.05, 3.63) is 60.2 Å². The van der Waals surface area contributed by atoms with Crippen LogP contribution in [-0.4, -0.2) is 28.2 Å². The Morgan fingerprint density at radius 2 is 1.70 bits per heavy atom. The minimum absolute atomic E-state index is 0.0592. The van der Waals surface area contributed by atoms with Crippen molar-refractivity contribution in [2.45, 2.75) is 33.2 Å². The van der Waals surface area contributed by atoms with Crippen LogP contribution in [0.1, 0.15) is 25.8 Å². The van der Waals surface area contributed by atoms with E-state index in [0.717, 1.165) is 22.6 Å². The molecule has 8 heteroatoms. The first-order valence-electron chi connectivity index (χ1n) is 9.80. The molecule has 2 atom stereocenters. The number of nitrogens with zero attached hydrogens (tertiary/aromatic N) is 2. The van der Waals surface area contributed by atoms with Crippen molar-refractivity contribution in [1.29, 1.82) is 0 Å². The van der Waals surface area contributed by atoms with E-state index in [2.05, 4.69) is 26.1 Å². The van der Waals surface area contributed by atoms with Crippen molar-refractivity contribution in [3.8, 4) is 10.6 Å². The number of carbonyl (C=O) groups is 2. The van der Waals surface area contributed by atoms with Crippen LogP contribution in [0.2, 0.25) is 0 Å². The molecule has 156 valence electrons. The fourth-order valence-corrected chi connectivity index (χ4v) is 3.55. The Bertz CT molecular complexity index is 988. The quantitative estimate of drug-likeness (QED) is 0.514. The average Bonchev–Trinajstić information content (AvgIpc) is 3.21. The Morgan fingerprint density at radius 3 is 2.37 bits per heavy atom. The molecule has 2 aromatic carbocycles. The van der Waals surface area contributed by atoms with E-state index in [1.165, 1.54) is 11.3 Å². The third-order valence-corrected chi connectivity index (χ3v) is 5.66. The number of hydrogen-bond acceptors (Lipinski definition) is 5. The van der Waals surface area contributed by atoms with E-state index in [9.17, 15) is 9.59 Å². The van der Waals surface area contributed by atoms with Crippen molar-refractivity contribution in [3.63, 3.8) is 0 Å². The number of carbonyl (C=O) groups excluding carboxylic acids is 2. The number of aryl methyl sites for hydroxylation is 1. The summed E-state index contributed by atoms with van der Waals surface area (Å²) in [5, 5.41) is 17.7. The van der Waals surface area contributed by atoms with E-state index in [-0.39, 0.29) is 11.8 Å². The molecule has 1 heterocycles. The van der Waals surface area contributed by atoms with Crippen LogP contribution in [0, 0.1) is 12.8 Å². The highest BCUT2D eigenvalue weighted by molar-refractivity contribution is 7.18. The van der Waals surface area contributed by atoms with Gasteiger partial charge in [0.1, 0.15) is 11.0 Å². The number of urea groups is 1. The van der Waals surface area contributed by atoms with Crippen molar-refractivity contribution in [2.75, 3.05) is 10.6 Å². The zero-order chi connectivity index (χ0) is 21.5. The van der Waals surface area contributed by atoms with Crippen LogP contribution >= 0.6 is 11.3 Å². The van der Waals surface area contributed by atoms with E-state index in [0.29, 0.717) is 10.8 Å². The first-order chi connectivity index (χ1) is 14.5. The van der Waals surface area contributed by atoms with Gasteiger partial charge in [0.25, 0.3) is 0 Å². The van der Waals surface area contributed by atoms with Gasteiger partial charge in [0.15, 0.2) is 0 Å². The van der Waals surface area contributed by atoms with Crippen LogP contribution in [0.25, 0.3) is 10.6 Å². The zero-order valence-electron chi connectivity index (χ0n) is 17.2. The van der Waals surface area contributed by atoms with Gasteiger partial charge in [-0.25, -0.2) is 4.79 Å². The molecule has 0 saturated carbocycles. The molecule has 3 N–H and O–H groups in total. The zero-order valence-corrected chi connectivity index (χ0v) is 18.0. The standard InChI is InChI=1S/C22H25N5O2S/c1-4-15(3)18(24-21(29)23-17-8-6-5-7-9-17)19(28)25-22-27-26-20(30-22)16-12-10-14(2)11-13-16/h5-13,15,18H,4H2,1-3H3,(H2,23,24,29)(H,25,27,28)/t15-,18+/m1/s1. The van der Waals surface area contributed by atoms with Crippen LogP contribution in [0.3, 0.4) is 0 Å². The molecule has 0 aliphatic carbocycles. The highest BCUT2D eigenvalue weighted by Gasteiger charge is 2.27. The predicted molar refractivity (Wildman–Crippen MR) is 121 cm³/mol. The summed E-state index contributed by atoms with van der Waals surface area (Å²) in [6.45, 7) is 5.92. The van der Waals surface area contributed by atoms with Crippen LogP contribution in [0.15, 0.2) is 54.6 Å². The molecule has 0 fully saturated rings. The average molecular weight is 424 g/mol. The second-order valence-electron chi connectivity index (χ2n) is 7.10. The summed E-state index contributed by atoms with van der Waals surface area (Å²) in [6.07, 6.45) is 0.731. The molecule has 7 nitrogen and oxygen atoms in total. The maximum absolute atomic E-state index is 12.9. The molecule has 3 amide bonds. The Balaban J connectivity index is 1.66. The highest BCUT2D eigenvalue weighted by atomic mass is 32.1. The molecule has 0 spiro atoms. The second kappa shape index (κ2) is 9.98. The number of aromatic nitrogens is 2. The van der Waals surface area contributed by atoms with E-state index >= 15 is 0 Å². The van der Waals surface area contributed by atoms with E-state index in [1.807, 2.05) is 63.2 Å². The van der Waals surface area contributed by atoms with Gasteiger partial charge in [0, 0.05) is 11.3 Å². The molecule has 0 aliphatic heterocycles. The molecule has 3 aromatic rings. The van der Waals surface area contributed by atoms with Gasteiger partial charge >= 0.3 is 6.03 Å². The Hall–Kier alpha value is -3.26. The van der Waals surface area contributed by atoms with Gasteiger partial charge in [-0.05, 0) is 25.0 Å². The maximum Gasteiger partial charge on any atom is 0.319 e.